The van der Waals surface area contributed by atoms with Crippen LogP contribution < -0.4 is 0 Å². The van der Waals surface area contributed by atoms with Crippen molar-refractivity contribution >= 4 is 31.2 Å². The van der Waals surface area contributed by atoms with Crippen molar-refractivity contribution < 1.29 is 29.7 Å². The predicted octanol–water partition coefficient (Wildman–Crippen LogP) is 1.86. The summed E-state index contributed by atoms with van der Waals surface area (Å²) in [5, 5.41) is 8.96. The van der Waals surface area contributed by atoms with Gasteiger partial charge in [0.05, 0.1) is 0 Å². The summed E-state index contributed by atoms with van der Waals surface area (Å²) in [5.41, 5.74) is 0. The standard InChI is InChI=1S/C10H6F2O5S2/c11-18(14,15)8-3-6-1-2-7(13)4-9(6)10(5-8)19(12,16)17/h1-5,13H. The van der Waals surface area contributed by atoms with Crippen LogP contribution in [0.5, 0.6) is 5.75 Å². The van der Waals surface area contributed by atoms with Crippen LogP contribution in [0.2, 0.25) is 0 Å². The zero-order chi connectivity index (χ0) is 14.4. The van der Waals surface area contributed by atoms with E-state index in [1.807, 2.05) is 0 Å². The van der Waals surface area contributed by atoms with Crippen molar-refractivity contribution in [1.82, 2.24) is 0 Å². The third kappa shape index (κ3) is 2.66. The Labute approximate surface area is 107 Å². The van der Waals surface area contributed by atoms with Crippen LogP contribution in [0, 0.1) is 0 Å². The van der Waals surface area contributed by atoms with Crippen molar-refractivity contribution in [1.29, 1.82) is 0 Å². The molecule has 2 aromatic rings. The van der Waals surface area contributed by atoms with E-state index >= 15 is 0 Å². The molecule has 0 aliphatic rings. The highest BCUT2D eigenvalue weighted by molar-refractivity contribution is 7.87. The van der Waals surface area contributed by atoms with E-state index in [2.05, 4.69) is 0 Å². The van der Waals surface area contributed by atoms with Gasteiger partial charge in [-0.3, -0.25) is 0 Å². The van der Waals surface area contributed by atoms with Crippen LogP contribution in [-0.2, 0) is 20.4 Å². The van der Waals surface area contributed by atoms with Crippen LogP contribution >= 0.6 is 0 Å². The minimum absolute atomic E-state index is 0.0345. The summed E-state index contributed by atoms with van der Waals surface area (Å²) >= 11 is 0. The molecule has 0 spiro atoms. The summed E-state index contributed by atoms with van der Waals surface area (Å²) < 4.78 is 69.5. The zero-order valence-electron chi connectivity index (χ0n) is 9.04. The lowest BCUT2D eigenvalue weighted by Gasteiger charge is -2.05. The molecule has 1 N–H and O–H groups in total. The number of hydrogen-bond donors (Lipinski definition) is 1. The molecule has 0 radical (unpaired) electrons. The normalized spacial score (nSPS) is 12.7. The molecule has 19 heavy (non-hydrogen) atoms. The molecular formula is C10H6F2O5S2. The van der Waals surface area contributed by atoms with Crippen LogP contribution in [0.25, 0.3) is 10.8 Å². The largest absolute Gasteiger partial charge is 0.508 e. The Kier molecular flexibility index (Phi) is 2.98. The fourth-order valence-electron chi connectivity index (χ4n) is 1.63. The van der Waals surface area contributed by atoms with Crippen LogP contribution in [0.15, 0.2) is 40.1 Å². The smallest absolute Gasteiger partial charge is 0.332 e. The van der Waals surface area contributed by atoms with Gasteiger partial charge in [0.1, 0.15) is 15.5 Å². The second-order valence-corrected chi connectivity index (χ2v) is 6.37. The number of hydrogen-bond acceptors (Lipinski definition) is 5. The van der Waals surface area contributed by atoms with E-state index in [1.165, 1.54) is 0 Å². The molecule has 0 aromatic heterocycles. The minimum atomic E-state index is -5.27. The maximum Gasteiger partial charge on any atom is 0.332 e. The molecule has 0 saturated carbocycles. The first-order chi connectivity index (χ1) is 8.59. The maximum absolute atomic E-state index is 13.1. The summed E-state index contributed by atoms with van der Waals surface area (Å²) in [7, 11) is -10.5. The first-order valence-electron chi connectivity index (χ1n) is 4.75. The molecule has 0 bridgehead atoms. The van der Waals surface area contributed by atoms with Gasteiger partial charge in [0, 0.05) is 5.39 Å². The van der Waals surface area contributed by atoms with Crippen molar-refractivity contribution in [2.75, 3.05) is 0 Å². The van der Waals surface area contributed by atoms with Gasteiger partial charge >= 0.3 is 20.4 Å². The van der Waals surface area contributed by atoms with Gasteiger partial charge in [0.15, 0.2) is 0 Å². The summed E-state index contributed by atoms with van der Waals surface area (Å²) in [4.78, 5) is -1.99. The second-order valence-electron chi connectivity index (χ2n) is 3.70. The Bertz CT molecular complexity index is 872. The monoisotopic (exact) mass is 308 g/mol. The van der Waals surface area contributed by atoms with E-state index in [1.54, 1.807) is 0 Å². The zero-order valence-corrected chi connectivity index (χ0v) is 10.7. The average molecular weight is 308 g/mol. The van der Waals surface area contributed by atoms with Crippen LogP contribution in [0.1, 0.15) is 0 Å². The molecular weight excluding hydrogens is 302 g/mol. The van der Waals surface area contributed by atoms with Crippen molar-refractivity contribution in [3.63, 3.8) is 0 Å². The molecule has 5 nitrogen and oxygen atoms in total. The number of phenolic OH excluding ortho intramolecular Hbond substituents is 1. The third-order valence-corrected chi connectivity index (χ3v) is 4.08. The Balaban J connectivity index is 3.01. The summed E-state index contributed by atoms with van der Waals surface area (Å²) in [6.45, 7) is 0. The number of benzene rings is 2. The average Bonchev–Trinajstić information content (AvgIpc) is 2.24. The topological polar surface area (TPSA) is 88.5 Å². The molecule has 2 aromatic carbocycles. The number of phenols is 1. The molecule has 2 rings (SSSR count). The third-order valence-electron chi connectivity index (χ3n) is 2.42. The van der Waals surface area contributed by atoms with Crippen LogP contribution in [0.4, 0.5) is 7.77 Å². The molecule has 0 aliphatic heterocycles. The van der Waals surface area contributed by atoms with Gasteiger partial charge in [-0.1, -0.05) is 6.07 Å². The van der Waals surface area contributed by atoms with Gasteiger partial charge in [-0.2, -0.15) is 16.8 Å². The molecule has 0 aliphatic carbocycles. The Hall–Kier alpha value is -1.74. The molecule has 0 heterocycles. The summed E-state index contributed by atoms with van der Waals surface area (Å²) in [6, 6.07) is 4.43. The second kappa shape index (κ2) is 4.14. The highest BCUT2D eigenvalue weighted by atomic mass is 32.3. The van der Waals surface area contributed by atoms with Crippen molar-refractivity contribution in [3.8, 4) is 5.75 Å². The molecule has 0 amide bonds. The summed E-state index contributed by atoms with van der Waals surface area (Å²) in [6.07, 6.45) is 0. The van der Waals surface area contributed by atoms with Gasteiger partial charge in [-0.05, 0) is 29.7 Å². The van der Waals surface area contributed by atoms with Crippen molar-refractivity contribution in [2.24, 2.45) is 0 Å². The van der Waals surface area contributed by atoms with E-state index in [-0.39, 0.29) is 16.5 Å². The lowest BCUT2D eigenvalue weighted by atomic mass is 10.1. The van der Waals surface area contributed by atoms with Crippen LogP contribution in [0.3, 0.4) is 0 Å². The quantitative estimate of drug-likeness (QED) is 0.855. The van der Waals surface area contributed by atoms with Crippen molar-refractivity contribution in [2.45, 2.75) is 9.79 Å². The van der Waals surface area contributed by atoms with E-state index in [0.717, 1.165) is 24.3 Å². The van der Waals surface area contributed by atoms with Gasteiger partial charge in [-0.25, -0.2) is 0 Å². The maximum atomic E-state index is 13.1. The number of fused-ring (bicyclic) bond motifs is 1. The van der Waals surface area contributed by atoms with E-state index in [0.29, 0.717) is 6.07 Å². The van der Waals surface area contributed by atoms with Gasteiger partial charge in [-0.15, -0.1) is 7.77 Å². The molecule has 0 saturated heterocycles. The van der Waals surface area contributed by atoms with Crippen LogP contribution in [-0.4, -0.2) is 21.9 Å². The van der Waals surface area contributed by atoms with Gasteiger partial charge < -0.3 is 5.11 Å². The van der Waals surface area contributed by atoms with E-state index in [4.69, 9.17) is 0 Å². The number of halogens is 2. The Morgan fingerprint density at radius 1 is 0.895 bits per heavy atom. The van der Waals surface area contributed by atoms with Gasteiger partial charge in [0.25, 0.3) is 0 Å². The highest BCUT2D eigenvalue weighted by Gasteiger charge is 2.22. The Morgan fingerprint density at radius 3 is 2.05 bits per heavy atom. The predicted molar refractivity (Wildman–Crippen MR) is 62.2 cm³/mol. The first-order valence-corrected chi connectivity index (χ1v) is 7.52. The number of rotatable bonds is 2. The first kappa shape index (κ1) is 13.7. The van der Waals surface area contributed by atoms with E-state index < -0.39 is 30.2 Å². The Morgan fingerprint density at radius 2 is 1.53 bits per heavy atom. The molecule has 0 atom stereocenters. The fraction of sp³-hybridized carbons (Fsp3) is 0. The highest BCUT2D eigenvalue weighted by Crippen LogP contribution is 2.31. The molecule has 9 heteroatoms. The lowest BCUT2D eigenvalue weighted by Crippen LogP contribution is -1.99. The SMILES string of the molecule is O=S(=O)(F)c1cc(S(=O)(=O)F)c2cc(O)ccc2c1. The van der Waals surface area contributed by atoms with Crippen molar-refractivity contribution in [3.05, 3.63) is 30.3 Å². The fourth-order valence-corrected chi connectivity index (χ4v) is 2.94. The number of aromatic hydroxyl groups is 1. The lowest BCUT2D eigenvalue weighted by molar-refractivity contribution is 0.476. The molecule has 0 unspecified atom stereocenters. The van der Waals surface area contributed by atoms with Gasteiger partial charge in [0.2, 0.25) is 0 Å². The molecule has 0 fully saturated rings. The van der Waals surface area contributed by atoms with E-state index in [9.17, 15) is 29.7 Å². The minimum Gasteiger partial charge on any atom is -0.508 e. The summed E-state index contributed by atoms with van der Waals surface area (Å²) in [5.74, 6) is -0.340. The molecule has 102 valence electrons.